The van der Waals surface area contributed by atoms with Gasteiger partial charge in [-0.3, -0.25) is 4.79 Å². The molecule has 0 spiro atoms. The number of imidazole rings is 1. The van der Waals surface area contributed by atoms with Crippen LogP contribution in [0.5, 0.6) is 5.75 Å². The number of methoxy groups -OCH3 is 1. The minimum atomic E-state index is -0.00542. The lowest BCUT2D eigenvalue weighted by molar-refractivity contribution is -0.120. The SMILES string of the molecule is COc1cccc(NC(=O)C2CCc3nc[nH]c3C2)c1. The molecule has 0 radical (unpaired) electrons. The van der Waals surface area contributed by atoms with Gasteiger partial charge in [-0.1, -0.05) is 6.07 Å². The highest BCUT2D eigenvalue weighted by atomic mass is 16.5. The van der Waals surface area contributed by atoms with Gasteiger partial charge >= 0.3 is 0 Å². The molecule has 1 aliphatic carbocycles. The Morgan fingerprint density at radius 3 is 3.25 bits per heavy atom. The predicted octanol–water partition coefficient (Wildman–Crippen LogP) is 2.16. The van der Waals surface area contributed by atoms with Gasteiger partial charge in [0.1, 0.15) is 5.75 Å². The zero-order valence-electron chi connectivity index (χ0n) is 11.3. The third-order valence-electron chi connectivity index (χ3n) is 3.70. The van der Waals surface area contributed by atoms with Crippen molar-refractivity contribution in [2.45, 2.75) is 19.3 Å². The fraction of sp³-hybridized carbons (Fsp3) is 0.333. The first kappa shape index (κ1) is 12.7. The van der Waals surface area contributed by atoms with Gasteiger partial charge in [-0.05, 0) is 25.0 Å². The van der Waals surface area contributed by atoms with Crippen LogP contribution in [0.2, 0.25) is 0 Å². The Hall–Kier alpha value is -2.30. The summed E-state index contributed by atoms with van der Waals surface area (Å²) in [5, 5.41) is 2.96. The highest BCUT2D eigenvalue weighted by molar-refractivity contribution is 5.93. The number of ether oxygens (including phenoxy) is 1. The van der Waals surface area contributed by atoms with Crippen molar-refractivity contribution in [2.24, 2.45) is 5.92 Å². The molecule has 1 aliphatic rings. The minimum absolute atomic E-state index is 0.00542. The molecule has 0 aliphatic heterocycles. The largest absolute Gasteiger partial charge is 0.497 e. The van der Waals surface area contributed by atoms with Crippen LogP contribution in [0.4, 0.5) is 5.69 Å². The molecular formula is C15H17N3O2. The second kappa shape index (κ2) is 5.36. The third kappa shape index (κ3) is 2.52. The van der Waals surface area contributed by atoms with Gasteiger partial charge in [0, 0.05) is 29.8 Å². The van der Waals surface area contributed by atoms with Crippen LogP contribution in [0.15, 0.2) is 30.6 Å². The first-order valence-electron chi connectivity index (χ1n) is 6.72. The number of aryl methyl sites for hydroxylation is 1. The van der Waals surface area contributed by atoms with E-state index in [9.17, 15) is 4.79 Å². The summed E-state index contributed by atoms with van der Waals surface area (Å²) in [5.41, 5.74) is 2.95. The maximum Gasteiger partial charge on any atom is 0.227 e. The first-order chi connectivity index (χ1) is 9.76. The lowest BCUT2D eigenvalue weighted by Gasteiger charge is -2.20. The standard InChI is InChI=1S/C15H17N3O2/c1-20-12-4-2-3-11(8-12)18-15(19)10-5-6-13-14(7-10)17-9-16-13/h2-4,8-10H,5-7H2,1H3,(H,16,17)(H,18,19). The molecule has 1 aromatic carbocycles. The van der Waals surface area contributed by atoms with E-state index >= 15 is 0 Å². The number of nitrogens with one attached hydrogen (secondary N) is 2. The number of aromatic amines is 1. The van der Waals surface area contributed by atoms with Gasteiger partial charge in [-0.25, -0.2) is 4.98 Å². The molecule has 1 unspecified atom stereocenters. The van der Waals surface area contributed by atoms with Crippen LogP contribution in [0.25, 0.3) is 0 Å². The van der Waals surface area contributed by atoms with Crippen molar-refractivity contribution >= 4 is 11.6 Å². The van der Waals surface area contributed by atoms with Crippen LogP contribution in [0.1, 0.15) is 17.8 Å². The lowest BCUT2D eigenvalue weighted by Crippen LogP contribution is -2.28. The summed E-state index contributed by atoms with van der Waals surface area (Å²) in [6.45, 7) is 0. The van der Waals surface area contributed by atoms with E-state index in [1.807, 2.05) is 24.3 Å². The summed E-state index contributed by atoms with van der Waals surface area (Å²) in [6.07, 6.45) is 4.13. The molecule has 0 saturated heterocycles. The fourth-order valence-electron chi connectivity index (χ4n) is 2.57. The Balaban J connectivity index is 1.68. The number of benzene rings is 1. The monoisotopic (exact) mass is 271 g/mol. The van der Waals surface area contributed by atoms with Crippen molar-refractivity contribution in [3.05, 3.63) is 42.0 Å². The molecule has 5 nitrogen and oxygen atoms in total. The molecule has 1 amide bonds. The molecule has 1 aromatic heterocycles. The second-order valence-electron chi connectivity index (χ2n) is 4.99. The van der Waals surface area contributed by atoms with Crippen molar-refractivity contribution in [3.63, 3.8) is 0 Å². The molecule has 104 valence electrons. The third-order valence-corrected chi connectivity index (χ3v) is 3.70. The Morgan fingerprint density at radius 2 is 2.40 bits per heavy atom. The molecule has 20 heavy (non-hydrogen) atoms. The number of aromatic nitrogens is 2. The molecule has 0 fully saturated rings. The number of hydrogen-bond donors (Lipinski definition) is 2. The van der Waals surface area contributed by atoms with E-state index in [1.54, 1.807) is 13.4 Å². The van der Waals surface area contributed by atoms with Crippen molar-refractivity contribution in [2.75, 3.05) is 12.4 Å². The molecule has 3 rings (SSSR count). The van der Waals surface area contributed by atoms with Gasteiger partial charge in [0.2, 0.25) is 5.91 Å². The quantitative estimate of drug-likeness (QED) is 0.899. The first-order valence-corrected chi connectivity index (χ1v) is 6.72. The highest BCUT2D eigenvalue weighted by Crippen LogP contribution is 2.25. The Bertz CT molecular complexity index is 621. The van der Waals surface area contributed by atoms with E-state index < -0.39 is 0 Å². The molecule has 0 bridgehead atoms. The summed E-state index contributed by atoms with van der Waals surface area (Å²) in [5.74, 6) is 0.787. The van der Waals surface area contributed by atoms with Gasteiger partial charge in [0.05, 0.1) is 19.1 Å². The average molecular weight is 271 g/mol. The normalized spacial score (nSPS) is 17.4. The van der Waals surface area contributed by atoms with Crippen molar-refractivity contribution in [1.82, 2.24) is 9.97 Å². The average Bonchev–Trinajstić information content (AvgIpc) is 2.94. The van der Waals surface area contributed by atoms with Crippen LogP contribution in [0, 0.1) is 5.92 Å². The molecule has 1 heterocycles. The molecule has 1 atom stereocenters. The van der Waals surface area contributed by atoms with Crippen LogP contribution in [-0.2, 0) is 17.6 Å². The van der Waals surface area contributed by atoms with E-state index in [2.05, 4.69) is 15.3 Å². The number of anilines is 1. The summed E-state index contributed by atoms with van der Waals surface area (Å²) in [7, 11) is 1.61. The zero-order chi connectivity index (χ0) is 13.9. The van der Waals surface area contributed by atoms with Crippen molar-refractivity contribution in [3.8, 4) is 5.75 Å². The smallest absolute Gasteiger partial charge is 0.227 e. The summed E-state index contributed by atoms with van der Waals surface area (Å²) >= 11 is 0. The van der Waals surface area contributed by atoms with E-state index in [0.29, 0.717) is 0 Å². The van der Waals surface area contributed by atoms with Crippen molar-refractivity contribution in [1.29, 1.82) is 0 Å². The maximum absolute atomic E-state index is 12.3. The molecule has 2 aromatic rings. The predicted molar refractivity (Wildman–Crippen MR) is 75.7 cm³/mol. The number of rotatable bonds is 3. The summed E-state index contributed by atoms with van der Waals surface area (Å²) < 4.78 is 5.15. The highest BCUT2D eigenvalue weighted by Gasteiger charge is 2.26. The number of carbonyl (C=O) groups excluding carboxylic acids is 1. The number of nitrogens with zero attached hydrogens (tertiary/aromatic N) is 1. The maximum atomic E-state index is 12.3. The molecule has 2 N–H and O–H groups in total. The van der Waals surface area contributed by atoms with Gasteiger partial charge in [0.15, 0.2) is 0 Å². The number of carbonyl (C=O) groups is 1. The topological polar surface area (TPSA) is 67.0 Å². The zero-order valence-corrected chi connectivity index (χ0v) is 11.3. The van der Waals surface area contributed by atoms with Gasteiger partial charge < -0.3 is 15.0 Å². The Kier molecular flexibility index (Phi) is 3.41. The van der Waals surface area contributed by atoms with E-state index in [4.69, 9.17) is 4.74 Å². The van der Waals surface area contributed by atoms with Crippen LogP contribution < -0.4 is 10.1 Å². The van der Waals surface area contributed by atoms with Crippen LogP contribution in [0.3, 0.4) is 0 Å². The lowest BCUT2D eigenvalue weighted by atomic mass is 9.89. The number of hydrogen-bond acceptors (Lipinski definition) is 3. The number of H-pyrrole nitrogens is 1. The summed E-state index contributed by atoms with van der Waals surface area (Å²) in [4.78, 5) is 19.7. The van der Waals surface area contributed by atoms with E-state index in [-0.39, 0.29) is 11.8 Å². The Morgan fingerprint density at radius 1 is 1.50 bits per heavy atom. The van der Waals surface area contributed by atoms with Crippen LogP contribution >= 0.6 is 0 Å². The number of amides is 1. The summed E-state index contributed by atoms with van der Waals surface area (Å²) in [6, 6.07) is 7.41. The van der Waals surface area contributed by atoms with E-state index in [1.165, 1.54) is 0 Å². The van der Waals surface area contributed by atoms with Gasteiger partial charge in [-0.2, -0.15) is 0 Å². The molecule has 5 heteroatoms. The Labute approximate surface area is 117 Å². The molecular weight excluding hydrogens is 254 g/mol. The van der Waals surface area contributed by atoms with Crippen molar-refractivity contribution < 1.29 is 9.53 Å². The van der Waals surface area contributed by atoms with Gasteiger partial charge in [0.25, 0.3) is 0 Å². The fourth-order valence-corrected chi connectivity index (χ4v) is 2.57. The van der Waals surface area contributed by atoms with Gasteiger partial charge in [-0.15, -0.1) is 0 Å². The number of fused-ring (bicyclic) bond motifs is 1. The minimum Gasteiger partial charge on any atom is -0.497 e. The van der Waals surface area contributed by atoms with E-state index in [0.717, 1.165) is 42.1 Å². The molecule has 0 saturated carbocycles. The van der Waals surface area contributed by atoms with Crippen LogP contribution in [-0.4, -0.2) is 23.0 Å². The second-order valence-corrected chi connectivity index (χ2v) is 4.99.